The molecule has 0 bridgehead atoms. The lowest BCUT2D eigenvalue weighted by molar-refractivity contribution is -0.133. The first-order valence-corrected chi connectivity index (χ1v) is 6.74. The third kappa shape index (κ3) is 3.44. The molecule has 0 aromatic carbocycles. The van der Waals surface area contributed by atoms with E-state index in [1.807, 2.05) is 27.7 Å². The molecule has 1 rings (SSSR count). The van der Waals surface area contributed by atoms with E-state index in [1.165, 1.54) is 12.8 Å². The summed E-state index contributed by atoms with van der Waals surface area (Å²) in [6.45, 7) is 9.94. The summed E-state index contributed by atoms with van der Waals surface area (Å²) in [7, 11) is 0. The second kappa shape index (κ2) is 4.97. The minimum atomic E-state index is -0.534. The van der Waals surface area contributed by atoms with Gasteiger partial charge in [0.25, 0.3) is 0 Å². The summed E-state index contributed by atoms with van der Waals surface area (Å²) >= 11 is 0. The summed E-state index contributed by atoms with van der Waals surface area (Å²) in [6.07, 6.45) is 4.72. The van der Waals surface area contributed by atoms with E-state index in [1.54, 1.807) is 0 Å². The Morgan fingerprint density at radius 3 is 2.29 bits per heavy atom. The Kier molecular flexibility index (Phi) is 4.23. The van der Waals surface area contributed by atoms with E-state index in [4.69, 9.17) is 5.73 Å². The second-order valence-electron chi connectivity index (χ2n) is 6.79. The average molecular weight is 240 g/mol. The highest BCUT2D eigenvalue weighted by Crippen LogP contribution is 2.30. The number of carbonyl (C=O) groups excluding carboxylic acids is 1. The van der Waals surface area contributed by atoms with Crippen molar-refractivity contribution in [2.45, 2.75) is 71.9 Å². The Hall–Kier alpha value is -0.570. The fraction of sp³-hybridized carbons (Fsp3) is 0.929. The van der Waals surface area contributed by atoms with Crippen molar-refractivity contribution in [3.05, 3.63) is 0 Å². The zero-order valence-electron chi connectivity index (χ0n) is 12.0. The van der Waals surface area contributed by atoms with Crippen LogP contribution in [0.25, 0.3) is 0 Å². The number of hydrogen-bond acceptors (Lipinski definition) is 2. The summed E-state index contributed by atoms with van der Waals surface area (Å²) in [6, 6.07) is 0.341. The van der Waals surface area contributed by atoms with Gasteiger partial charge in [0.1, 0.15) is 0 Å². The highest BCUT2D eigenvalue weighted by atomic mass is 16.2. The van der Waals surface area contributed by atoms with Gasteiger partial charge in [-0.3, -0.25) is 4.79 Å². The van der Waals surface area contributed by atoms with E-state index < -0.39 is 11.0 Å². The van der Waals surface area contributed by atoms with E-state index in [2.05, 4.69) is 12.2 Å². The first-order valence-electron chi connectivity index (χ1n) is 6.74. The van der Waals surface area contributed by atoms with Gasteiger partial charge in [-0.15, -0.1) is 0 Å². The average Bonchev–Trinajstić information content (AvgIpc) is 2.15. The first kappa shape index (κ1) is 14.5. The lowest BCUT2D eigenvalue weighted by Gasteiger charge is -2.39. The van der Waals surface area contributed by atoms with Gasteiger partial charge in [-0.05, 0) is 46.5 Å². The van der Waals surface area contributed by atoms with Gasteiger partial charge in [0, 0.05) is 11.6 Å². The molecule has 2 atom stereocenters. The SMILES string of the molecule is CC1CCCC(NC(=O)C(C)(C)C(C)(C)N)C1. The lowest BCUT2D eigenvalue weighted by Crippen LogP contribution is -2.57. The van der Waals surface area contributed by atoms with Crippen LogP contribution in [-0.4, -0.2) is 17.5 Å². The third-order valence-electron chi connectivity index (χ3n) is 4.45. The third-order valence-corrected chi connectivity index (χ3v) is 4.45. The van der Waals surface area contributed by atoms with Gasteiger partial charge in [0.2, 0.25) is 5.91 Å². The molecule has 0 heterocycles. The van der Waals surface area contributed by atoms with Crippen LogP contribution in [0.2, 0.25) is 0 Å². The molecular weight excluding hydrogens is 212 g/mol. The smallest absolute Gasteiger partial charge is 0.227 e. The molecule has 1 amide bonds. The maximum Gasteiger partial charge on any atom is 0.227 e. The number of nitrogens with two attached hydrogens (primary N) is 1. The highest BCUT2D eigenvalue weighted by molar-refractivity contribution is 5.83. The van der Waals surface area contributed by atoms with Gasteiger partial charge in [0.05, 0.1) is 5.41 Å². The van der Waals surface area contributed by atoms with Crippen LogP contribution in [-0.2, 0) is 4.79 Å². The van der Waals surface area contributed by atoms with Crippen LogP contribution in [0.5, 0.6) is 0 Å². The maximum absolute atomic E-state index is 12.3. The predicted molar refractivity (Wildman–Crippen MR) is 71.6 cm³/mol. The van der Waals surface area contributed by atoms with Crippen molar-refractivity contribution in [1.82, 2.24) is 5.32 Å². The molecule has 100 valence electrons. The molecule has 0 aromatic rings. The molecule has 0 aliphatic heterocycles. The molecule has 0 aromatic heterocycles. The Labute approximate surface area is 106 Å². The van der Waals surface area contributed by atoms with E-state index in [0.717, 1.165) is 18.8 Å². The Balaban J connectivity index is 2.60. The van der Waals surface area contributed by atoms with Crippen LogP contribution >= 0.6 is 0 Å². The number of rotatable bonds is 3. The normalized spacial score (nSPS) is 26.7. The Morgan fingerprint density at radius 2 is 1.82 bits per heavy atom. The van der Waals surface area contributed by atoms with Gasteiger partial charge in [-0.2, -0.15) is 0 Å². The van der Waals surface area contributed by atoms with Crippen molar-refractivity contribution in [2.24, 2.45) is 17.1 Å². The van der Waals surface area contributed by atoms with E-state index in [9.17, 15) is 4.79 Å². The summed E-state index contributed by atoms with van der Waals surface area (Å²) in [4.78, 5) is 12.3. The quantitative estimate of drug-likeness (QED) is 0.796. The van der Waals surface area contributed by atoms with E-state index >= 15 is 0 Å². The molecule has 1 fully saturated rings. The zero-order valence-corrected chi connectivity index (χ0v) is 12.0. The molecule has 3 heteroatoms. The number of carbonyl (C=O) groups is 1. The van der Waals surface area contributed by atoms with Crippen molar-refractivity contribution >= 4 is 5.91 Å². The zero-order chi connectivity index (χ0) is 13.3. The molecule has 3 N–H and O–H groups in total. The number of amides is 1. The summed E-state index contributed by atoms with van der Waals surface area (Å²) < 4.78 is 0. The van der Waals surface area contributed by atoms with Crippen molar-refractivity contribution in [1.29, 1.82) is 0 Å². The largest absolute Gasteiger partial charge is 0.353 e. The summed E-state index contributed by atoms with van der Waals surface area (Å²) in [5.74, 6) is 0.812. The molecule has 0 saturated heterocycles. The van der Waals surface area contributed by atoms with Crippen LogP contribution < -0.4 is 11.1 Å². The minimum Gasteiger partial charge on any atom is -0.353 e. The fourth-order valence-corrected chi connectivity index (χ4v) is 2.22. The molecular formula is C14H28N2O. The van der Waals surface area contributed by atoms with Crippen LogP contribution in [0.4, 0.5) is 0 Å². The van der Waals surface area contributed by atoms with Gasteiger partial charge in [0.15, 0.2) is 0 Å². The Bertz CT molecular complexity index is 278. The monoisotopic (exact) mass is 240 g/mol. The van der Waals surface area contributed by atoms with E-state index in [0.29, 0.717) is 6.04 Å². The molecule has 17 heavy (non-hydrogen) atoms. The fourth-order valence-electron chi connectivity index (χ4n) is 2.22. The number of hydrogen-bond donors (Lipinski definition) is 2. The van der Waals surface area contributed by atoms with Gasteiger partial charge < -0.3 is 11.1 Å². The van der Waals surface area contributed by atoms with Crippen molar-refractivity contribution in [3.8, 4) is 0 Å². The standard InChI is InChI=1S/C14H28N2O/c1-10-7-6-8-11(9-10)16-12(17)13(2,3)14(4,5)15/h10-11H,6-9,15H2,1-5H3,(H,16,17). The second-order valence-corrected chi connectivity index (χ2v) is 6.79. The van der Waals surface area contributed by atoms with Crippen LogP contribution in [0.15, 0.2) is 0 Å². The van der Waals surface area contributed by atoms with Crippen LogP contribution in [0.3, 0.4) is 0 Å². The summed E-state index contributed by atoms with van der Waals surface area (Å²) in [5.41, 5.74) is 5.05. The molecule has 1 aliphatic carbocycles. The number of nitrogens with one attached hydrogen (secondary N) is 1. The summed E-state index contributed by atoms with van der Waals surface area (Å²) in [5, 5.41) is 3.18. The van der Waals surface area contributed by atoms with Gasteiger partial charge in [-0.1, -0.05) is 19.8 Å². The molecule has 2 unspecified atom stereocenters. The van der Waals surface area contributed by atoms with Crippen molar-refractivity contribution in [2.75, 3.05) is 0 Å². The first-order chi connectivity index (χ1) is 7.64. The van der Waals surface area contributed by atoms with Crippen molar-refractivity contribution < 1.29 is 4.79 Å². The topological polar surface area (TPSA) is 55.1 Å². The minimum absolute atomic E-state index is 0.0871. The van der Waals surface area contributed by atoms with Gasteiger partial charge in [-0.25, -0.2) is 0 Å². The van der Waals surface area contributed by atoms with Crippen molar-refractivity contribution in [3.63, 3.8) is 0 Å². The van der Waals surface area contributed by atoms with E-state index in [-0.39, 0.29) is 5.91 Å². The lowest BCUT2D eigenvalue weighted by atomic mass is 9.74. The highest BCUT2D eigenvalue weighted by Gasteiger charge is 2.41. The van der Waals surface area contributed by atoms with Crippen LogP contribution in [0.1, 0.15) is 60.3 Å². The predicted octanol–water partition coefficient (Wildman–Crippen LogP) is 2.44. The molecule has 1 aliphatic rings. The van der Waals surface area contributed by atoms with Crippen LogP contribution in [0, 0.1) is 11.3 Å². The molecule has 0 spiro atoms. The Morgan fingerprint density at radius 1 is 1.24 bits per heavy atom. The molecule has 1 saturated carbocycles. The maximum atomic E-state index is 12.3. The molecule has 3 nitrogen and oxygen atoms in total. The van der Waals surface area contributed by atoms with Gasteiger partial charge >= 0.3 is 0 Å². The molecule has 0 radical (unpaired) electrons.